The van der Waals surface area contributed by atoms with Crippen molar-refractivity contribution >= 4 is 75.4 Å². The van der Waals surface area contributed by atoms with Crippen LogP contribution in [0.1, 0.15) is 189 Å². The Morgan fingerprint density at radius 2 is 1.24 bits per heavy atom. The van der Waals surface area contributed by atoms with Crippen molar-refractivity contribution in [3.63, 3.8) is 0 Å². The third kappa shape index (κ3) is 62.5. The molecule has 0 radical (unpaired) electrons. The highest BCUT2D eigenvalue weighted by Crippen LogP contribution is 2.16. The molecule has 0 saturated carbocycles. The van der Waals surface area contributed by atoms with E-state index >= 15 is 0 Å². The molecule has 17 aromatic heterocycles. The van der Waals surface area contributed by atoms with Crippen LogP contribution in [-0.2, 0) is 33.0 Å². The van der Waals surface area contributed by atoms with Gasteiger partial charge in [0.2, 0.25) is 5.91 Å². The van der Waals surface area contributed by atoms with Gasteiger partial charge >= 0.3 is 6.01 Å². The number of anilines is 1. The van der Waals surface area contributed by atoms with Crippen molar-refractivity contribution in [1.29, 1.82) is 0 Å². The third-order valence-corrected chi connectivity index (χ3v) is 21.4. The van der Waals surface area contributed by atoms with E-state index in [9.17, 15) is 4.79 Å². The lowest BCUT2D eigenvalue weighted by atomic mass is 10.2. The fourth-order valence-electron chi connectivity index (χ4n) is 8.98. The quantitative estimate of drug-likeness (QED) is 0.159. The molecule has 0 fully saturated rings. The van der Waals surface area contributed by atoms with Gasteiger partial charge in [0.15, 0.2) is 18.7 Å². The van der Waals surface area contributed by atoms with Crippen molar-refractivity contribution < 1.29 is 45.1 Å². The van der Waals surface area contributed by atoms with Crippen molar-refractivity contribution in [3.8, 4) is 0 Å². The minimum absolute atomic E-state index is 0.179. The number of thiazole rings is 3. The zero-order valence-electron chi connectivity index (χ0n) is 88.0. The van der Waals surface area contributed by atoms with E-state index in [1.165, 1.54) is 78.8 Å². The molecule has 0 unspecified atom stereocenters. The fraction of sp³-hybridized carbons (Fsp3) is 0.382. The van der Waals surface area contributed by atoms with Gasteiger partial charge in [-0.25, -0.2) is 39.9 Å². The summed E-state index contributed by atoms with van der Waals surface area (Å²) < 4.78 is 50.3. The van der Waals surface area contributed by atoms with E-state index in [0.29, 0.717) is 0 Å². The predicted molar refractivity (Wildman–Crippen MR) is 562 cm³/mol. The van der Waals surface area contributed by atoms with Gasteiger partial charge < -0.3 is 54.0 Å². The number of carbonyl (C=O) groups is 1. The molecule has 3 aliphatic rings. The molecular weight excluding hydrogens is 1840 g/mol. The second kappa shape index (κ2) is 71.6. The molecule has 139 heavy (non-hydrogen) atoms. The largest absolute Gasteiger partial charge is 0.452 e. The maximum atomic E-state index is 10.4. The lowest BCUT2D eigenvalue weighted by Gasteiger charge is -1.90. The second-order valence-electron chi connectivity index (χ2n) is 30.9. The summed E-state index contributed by atoms with van der Waals surface area (Å²) in [7, 11) is 7.92. The van der Waals surface area contributed by atoms with Crippen molar-refractivity contribution in [2.75, 3.05) is 18.4 Å². The molecule has 0 spiro atoms. The molecule has 752 valence electrons. The number of rotatable bonds is 1. The van der Waals surface area contributed by atoms with E-state index in [0.717, 1.165) is 139 Å². The van der Waals surface area contributed by atoms with Crippen LogP contribution in [0.5, 0.6) is 0 Å². The number of allylic oxidation sites excluding steroid dienone is 4. The third-order valence-electron chi connectivity index (χ3n) is 17.9. The van der Waals surface area contributed by atoms with E-state index in [2.05, 4.69) is 208 Å². The minimum atomic E-state index is -0.179. The molecule has 1 amide bonds. The van der Waals surface area contributed by atoms with Crippen LogP contribution in [-0.4, -0.2) is 131 Å². The summed E-state index contributed by atoms with van der Waals surface area (Å²) in [4.78, 5) is 63.2. The molecule has 0 saturated heterocycles. The number of aromatic nitrogens is 19. The average molecular weight is 1980 g/mol. The normalized spacial score (nSPS) is 10.6. The van der Waals surface area contributed by atoms with Gasteiger partial charge in [-0.1, -0.05) is 50.1 Å². The number of hydrogen-bond acceptors (Lipinski definition) is 32. The van der Waals surface area contributed by atoms with Crippen LogP contribution < -0.4 is 5.32 Å². The maximum absolute atomic E-state index is 10.4. The minimum Gasteiger partial charge on any atom is -0.452 e. The Kier molecular flexibility index (Phi) is 63.4. The van der Waals surface area contributed by atoms with Gasteiger partial charge in [0.25, 0.3) is 0 Å². The summed E-state index contributed by atoms with van der Waals surface area (Å²) in [5.41, 5.74) is 22.6. The number of carbonyl (C=O) groups excluding carboxylic acids is 1. The number of imidazole rings is 2. The van der Waals surface area contributed by atoms with Crippen LogP contribution >= 0.6 is 45.3 Å². The average Bonchev–Trinajstić information content (AvgIpc) is 1.79. The molecule has 3 aliphatic heterocycles. The number of thiophene rings is 1. The summed E-state index contributed by atoms with van der Waals surface area (Å²) in [6.07, 6.45) is 38.5. The van der Waals surface area contributed by atoms with E-state index in [4.69, 9.17) is 22.3 Å². The summed E-state index contributed by atoms with van der Waals surface area (Å²) in [6, 6.07) is 14.2. The smallest absolute Gasteiger partial charge is 0.301 e. The molecular formula is C102H145N23O10S4. The zero-order chi connectivity index (χ0) is 104. The Morgan fingerprint density at radius 1 is 0.511 bits per heavy atom. The van der Waals surface area contributed by atoms with Crippen LogP contribution in [0.2, 0.25) is 0 Å². The number of nitrogens with one attached hydrogen (secondary N) is 1. The number of hydrogen-bond donors (Lipinski definition) is 1. The van der Waals surface area contributed by atoms with E-state index in [1.807, 2.05) is 263 Å². The second-order valence-corrected chi connectivity index (χ2v) is 35.9. The molecule has 1 N–H and O–H groups in total. The molecule has 0 bridgehead atoms. The van der Waals surface area contributed by atoms with E-state index in [-0.39, 0.29) is 11.9 Å². The molecule has 20 rings (SSSR count). The number of oxazole rings is 4. The highest BCUT2D eigenvalue weighted by molar-refractivity contribution is 7.12. The van der Waals surface area contributed by atoms with Gasteiger partial charge in [0.05, 0.1) is 117 Å². The monoisotopic (exact) mass is 1980 g/mol. The van der Waals surface area contributed by atoms with Gasteiger partial charge in [0, 0.05) is 162 Å². The molecule has 0 aromatic carbocycles. The van der Waals surface area contributed by atoms with Crippen molar-refractivity contribution in [2.24, 2.45) is 43.2 Å². The van der Waals surface area contributed by atoms with Gasteiger partial charge in [0.1, 0.15) is 53.9 Å². The SMILES string of the molecule is CC(=O)Nc1nc(C)co1.CC1=CCC=N1.CC1=CCN=C1.CC1=NCC=C1.Cc1cc(C)n(C)n1.Cc1cccn1C.Cc1cccs1.Cc1ccno1.Cc1ccon1.Cc1cn(C)cn1.Cc1cnc(C)s1.Cc1cncn1C.Cc1cnco1.Cc1cnoc1C.Cc1cocn1.Cc1conc1C.Cc1nc(C)c(C)o1.Cc1nc(C)c(C)s1.Cc1ncsc1C.Cc1noc(C)c1C. The van der Waals surface area contributed by atoms with Gasteiger partial charge in [-0.3, -0.25) is 29.8 Å². The van der Waals surface area contributed by atoms with Crippen LogP contribution in [0.4, 0.5) is 6.01 Å². The lowest BCUT2D eigenvalue weighted by Crippen LogP contribution is -2.05. The summed E-state index contributed by atoms with van der Waals surface area (Å²) in [6.45, 7) is 64.3. The summed E-state index contributed by atoms with van der Waals surface area (Å²) in [5, 5.41) is 28.8. The summed E-state index contributed by atoms with van der Waals surface area (Å²) >= 11 is 6.96. The number of aliphatic imine (C=N–C) groups is 3. The predicted octanol–water partition coefficient (Wildman–Crippen LogP) is 25.5. The number of aryl methyl sites for hydroxylation is 31. The Balaban J connectivity index is 0.000000732. The van der Waals surface area contributed by atoms with Crippen molar-refractivity contribution in [1.82, 2.24) is 94.1 Å². The van der Waals surface area contributed by atoms with Crippen LogP contribution in [0, 0.1) is 194 Å². The van der Waals surface area contributed by atoms with Gasteiger partial charge in [-0.05, 0) is 249 Å². The summed E-state index contributed by atoms with van der Waals surface area (Å²) in [5.74, 6) is 5.02. The van der Waals surface area contributed by atoms with Crippen molar-refractivity contribution in [3.05, 3.63) is 338 Å². The van der Waals surface area contributed by atoms with Gasteiger partial charge in [-0.15, -0.1) is 45.3 Å². The Labute approximate surface area is 836 Å². The Morgan fingerprint density at radius 3 is 1.41 bits per heavy atom. The highest BCUT2D eigenvalue weighted by Gasteiger charge is 2.04. The number of nitrogens with zero attached hydrogens (tertiary/aromatic N) is 22. The van der Waals surface area contributed by atoms with Crippen LogP contribution in [0.15, 0.2) is 238 Å². The van der Waals surface area contributed by atoms with E-state index in [1.54, 1.807) is 114 Å². The van der Waals surface area contributed by atoms with Gasteiger partial charge in [-0.2, -0.15) is 10.1 Å². The zero-order valence-corrected chi connectivity index (χ0v) is 91.3. The number of amides is 1. The topological polar surface area (TPSA) is 398 Å². The first-order chi connectivity index (χ1) is 65.7. The first kappa shape index (κ1) is 123. The van der Waals surface area contributed by atoms with Crippen LogP contribution in [0.3, 0.4) is 0 Å². The highest BCUT2D eigenvalue weighted by atomic mass is 32.1. The van der Waals surface area contributed by atoms with Crippen molar-refractivity contribution in [2.45, 2.75) is 228 Å². The molecule has 37 heteroatoms. The first-order valence-electron chi connectivity index (χ1n) is 44.1. The Hall–Kier alpha value is -13.9. The molecule has 33 nitrogen and oxygen atoms in total. The maximum Gasteiger partial charge on any atom is 0.301 e. The lowest BCUT2D eigenvalue weighted by molar-refractivity contribution is -0.114. The molecule has 17 aromatic rings. The fourth-order valence-corrected chi connectivity index (χ4v) is 11.6. The Bertz CT molecular complexity index is 5340. The molecule has 20 heterocycles. The van der Waals surface area contributed by atoms with E-state index < -0.39 is 0 Å². The molecule has 0 aliphatic carbocycles. The first-order valence-corrected chi connectivity index (χ1v) is 47.5. The van der Waals surface area contributed by atoms with Crippen LogP contribution in [0.25, 0.3) is 0 Å². The molecule has 0 atom stereocenters. The standard InChI is InChI=1S/C6H8N2O2.C6H10N2.2C6H9NO.C6H9NS.C6H9N.2C5H8N2.2C5H7NO.2C5H7NS.3C5H7N.C5H6S.4C4H5NO/c1-4-3-10-6(7-4)8-5(2)9;1-5-4-6(2)8(3)7-5;1-4-5(2)8-6(3)7-4;1-4-5(2)7-8-6(4)3;1-4-5(2)8-6(3)7-4;1-6-4-3-5-7(6)2;1-5-3-7(2)4-6-5;1-5-3-6-4-7(5)2;1-4-3-7-6-5(4)2;1-4-3-6-7-5(4)2;1-4-5(2)7-3-6-4;1-4-3-6-5(2)7-4;1-5-2-3-6-4-5;3*1-5-3-2-4-6-5;1-4-2-6-3-5-4;1-4-2-5-3-6-4;1-4-2-3-6-5-4;1-4-2-3-5-6-4/h3H,1-2H3,(H,7,8,9);4H,1-3H3;3*1-3H3;3-5H,1-2H3;2*3-4H,1-2H3;4*3H,1-2H3;2,4H,3H2,1H3;3-4H,2H2,1H3;2-3H,4H2,1H3;2-4H,1H3;4*2-3H,1H3.